The molecule has 0 heterocycles. The van der Waals surface area contributed by atoms with Gasteiger partial charge >= 0.3 is 0 Å². The van der Waals surface area contributed by atoms with Crippen LogP contribution in [0.15, 0.2) is 35.9 Å². The van der Waals surface area contributed by atoms with E-state index in [1.54, 1.807) is 0 Å². The molecule has 0 unspecified atom stereocenters. The summed E-state index contributed by atoms with van der Waals surface area (Å²) in [4.78, 5) is 0. The van der Waals surface area contributed by atoms with Crippen LogP contribution in [-0.2, 0) is 37.9 Å². The Morgan fingerprint density at radius 1 is 0.571 bits per heavy atom. The van der Waals surface area contributed by atoms with Gasteiger partial charge in [-0.2, -0.15) is 0 Å². The van der Waals surface area contributed by atoms with Gasteiger partial charge in [-0.25, -0.2) is 0 Å². The van der Waals surface area contributed by atoms with Crippen LogP contribution in [0.1, 0.15) is 61.7 Å². The van der Waals surface area contributed by atoms with Crippen LogP contribution in [0.25, 0.3) is 0 Å². The lowest BCUT2D eigenvalue weighted by Gasteiger charge is -2.11. The fourth-order valence-electron chi connectivity index (χ4n) is 3.17. The van der Waals surface area contributed by atoms with Gasteiger partial charge in [0.25, 0.3) is 0 Å². The summed E-state index contributed by atoms with van der Waals surface area (Å²) < 4.78 is 44.0. The van der Waals surface area contributed by atoms with E-state index in [-0.39, 0.29) is 1.43 Å². The average molecular weight is 604 g/mol. The van der Waals surface area contributed by atoms with Crippen molar-refractivity contribution in [3.63, 3.8) is 0 Å². The minimum absolute atomic E-state index is 0. The summed E-state index contributed by atoms with van der Waals surface area (Å²) in [5.41, 5.74) is 8.15. The highest BCUT2D eigenvalue weighted by atomic mass is 16.6. The van der Waals surface area contributed by atoms with Crippen molar-refractivity contribution in [3.8, 4) is 0 Å². The first kappa shape index (κ1) is 42.7. The molecule has 0 aromatic carbocycles. The number of hydrogen-bond acceptors (Lipinski definition) is 9. The molecule has 0 aliphatic heterocycles. The smallest absolute Gasteiger partial charge is 0.0701 e. The van der Waals surface area contributed by atoms with Crippen molar-refractivity contribution >= 4 is 0 Å². The van der Waals surface area contributed by atoms with Crippen molar-refractivity contribution in [1.29, 1.82) is 0 Å². The van der Waals surface area contributed by atoms with Crippen molar-refractivity contribution < 1.29 is 39.3 Å². The van der Waals surface area contributed by atoms with Crippen LogP contribution < -0.4 is 5.32 Å². The SMILES string of the molecule is C=C=C(CC)CCOCCOCCOCCOCCOCCOCCOCCOCCNC(=C=C)CCC(C)C.CC.[HH]. The fraction of sp³-hybridized carbons (Fsp3) is 0.818. The summed E-state index contributed by atoms with van der Waals surface area (Å²) in [6.45, 7) is 27.6. The second-order valence-corrected chi connectivity index (χ2v) is 9.30. The van der Waals surface area contributed by atoms with E-state index in [2.05, 4.69) is 50.7 Å². The van der Waals surface area contributed by atoms with Crippen LogP contribution in [-0.4, -0.2) is 112 Å². The number of ether oxygens (including phenoxy) is 8. The van der Waals surface area contributed by atoms with Gasteiger partial charge in [-0.1, -0.05) is 47.8 Å². The Hall–Kier alpha value is -1.48. The minimum atomic E-state index is 0. The molecule has 0 saturated heterocycles. The highest BCUT2D eigenvalue weighted by Crippen LogP contribution is 2.08. The largest absolute Gasteiger partial charge is 0.380 e. The molecule has 0 atom stereocenters. The first-order valence-electron chi connectivity index (χ1n) is 15.8. The number of hydrogen-bond donors (Lipinski definition) is 1. The molecule has 0 saturated carbocycles. The Bertz CT molecular complexity index is 653. The molecule has 0 radical (unpaired) electrons. The van der Waals surface area contributed by atoms with Gasteiger partial charge in [-0.3, -0.25) is 0 Å². The zero-order chi connectivity index (χ0) is 31.4. The molecule has 0 amide bonds. The molecule has 42 heavy (non-hydrogen) atoms. The van der Waals surface area contributed by atoms with Gasteiger partial charge in [-0.05, 0) is 37.2 Å². The van der Waals surface area contributed by atoms with Crippen LogP contribution in [0.3, 0.4) is 0 Å². The molecule has 0 spiro atoms. The summed E-state index contributed by atoms with van der Waals surface area (Å²) in [6, 6.07) is 0. The van der Waals surface area contributed by atoms with Gasteiger partial charge in [0.05, 0.1) is 111 Å². The lowest BCUT2D eigenvalue weighted by molar-refractivity contribution is -0.0229. The van der Waals surface area contributed by atoms with Crippen molar-refractivity contribution in [3.05, 3.63) is 35.9 Å². The van der Waals surface area contributed by atoms with Gasteiger partial charge in [0.1, 0.15) is 0 Å². The van der Waals surface area contributed by atoms with Crippen LogP contribution in [0.5, 0.6) is 0 Å². The summed E-state index contributed by atoms with van der Waals surface area (Å²) in [6.07, 6.45) is 3.95. The van der Waals surface area contributed by atoms with Crippen LogP contribution in [0.4, 0.5) is 0 Å². The molecule has 1 N–H and O–H groups in total. The van der Waals surface area contributed by atoms with Gasteiger partial charge in [0.15, 0.2) is 0 Å². The Labute approximate surface area is 259 Å². The normalized spacial score (nSPS) is 10.6. The first-order chi connectivity index (χ1) is 20.6. The van der Waals surface area contributed by atoms with E-state index in [0.29, 0.717) is 112 Å². The number of allylic oxidation sites excluding steroid dienone is 1. The summed E-state index contributed by atoms with van der Waals surface area (Å²) >= 11 is 0. The molecular formula is C33H65NO8. The Balaban J connectivity index is -0.00000521. The topological polar surface area (TPSA) is 85.9 Å². The van der Waals surface area contributed by atoms with Crippen molar-refractivity contribution in [2.45, 2.75) is 60.3 Å². The molecular weight excluding hydrogens is 538 g/mol. The van der Waals surface area contributed by atoms with Gasteiger partial charge in [-0.15, -0.1) is 11.5 Å². The fourth-order valence-corrected chi connectivity index (χ4v) is 3.17. The van der Waals surface area contributed by atoms with Crippen molar-refractivity contribution in [1.82, 2.24) is 5.32 Å². The molecule has 0 fully saturated rings. The molecule has 250 valence electrons. The molecule has 0 aromatic heterocycles. The monoisotopic (exact) mass is 603 g/mol. The lowest BCUT2D eigenvalue weighted by Crippen LogP contribution is -2.20. The minimum Gasteiger partial charge on any atom is -0.380 e. The summed E-state index contributed by atoms with van der Waals surface area (Å²) in [7, 11) is 0. The Morgan fingerprint density at radius 3 is 1.24 bits per heavy atom. The van der Waals surface area contributed by atoms with Crippen LogP contribution in [0.2, 0.25) is 0 Å². The summed E-state index contributed by atoms with van der Waals surface area (Å²) in [5, 5.41) is 3.32. The van der Waals surface area contributed by atoms with E-state index >= 15 is 0 Å². The van der Waals surface area contributed by atoms with Crippen LogP contribution >= 0.6 is 0 Å². The predicted octanol–water partition coefficient (Wildman–Crippen LogP) is 5.60. The molecule has 0 aliphatic carbocycles. The quantitative estimate of drug-likeness (QED) is 0.0780. The van der Waals surface area contributed by atoms with Crippen molar-refractivity contribution in [2.24, 2.45) is 5.92 Å². The maximum absolute atomic E-state index is 5.57. The second-order valence-electron chi connectivity index (χ2n) is 9.30. The molecule has 0 rings (SSSR count). The third-order valence-corrected chi connectivity index (χ3v) is 5.60. The van der Waals surface area contributed by atoms with Crippen LogP contribution in [0, 0.1) is 5.92 Å². The predicted molar refractivity (Wildman–Crippen MR) is 172 cm³/mol. The Morgan fingerprint density at radius 2 is 0.929 bits per heavy atom. The van der Waals surface area contributed by atoms with E-state index in [1.165, 1.54) is 5.57 Å². The zero-order valence-corrected chi connectivity index (χ0v) is 27.6. The highest BCUT2D eigenvalue weighted by Gasteiger charge is 2.00. The molecule has 0 bridgehead atoms. The Kier molecular flexibility index (Phi) is 38.1. The standard InChI is InChI=1S/C31H57NO8.C2H6.H2/c1-6-30(7-2)11-13-33-15-17-35-19-21-37-23-25-39-27-28-40-26-24-38-22-20-36-18-16-34-14-12-32-31(8-3)10-9-29(4)5;1-2;/h29,32H,1,3,7,9-28H2,2,4-5H3;1-2H3;1H. The van der Waals surface area contributed by atoms with Gasteiger partial charge < -0.3 is 43.2 Å². The molecule has 0 aromatic rings. The average Bonchev–Trinajstić information content (AvgIpc) is 3.01. The van der Waals surface area contributed by atoms with Gasteiger partial charge in [0.2, 0.25) is 0 Å². The maximum atomic E-state index is 5.57. The third-order valence-electron chi connectivity index (χ3n) is 5.60. The molecule has 9 heteroatoms. The molecule has 9 nitrogen and oxygen atoms in total. The third kappa shape index (κ3) is 34.7. The second kappa shape index (κ2) is 37.5. The zero-order valence-electron chi connectivity index (χ0n) is 27.6. The maximum Gasteiger partial charge on any atom is 0.0701 e. The van der Waals surface area contributed by atoms with E-state index in [9.17, 15) is 0 Å². The number of nitrogens with one attached hydrogen (secondary N) is 1. The van der Waals surface area contributed by atoms with E-state index in [1.807, 2.05) is 13.8 Å². The molecule has 0 aliphatic rings. The van der Waals surface area contributed by atoms with Crippen molar-refractivity contribution in [2.75, 3.05) is 112 Å². The number of rotatable bonds is 32. The first-order valence-corrected chi connectivity index (χ1v) is 15.8. The lowest BCUT2D eigenvalue weighted by atomic mass is 10.1. The van der Waals surface area contributed by atoms with E-state index in [0.717, 1.165) is 37.9 Å². The van der Waals surface area contributed by atoms with Gasteiger partial charge in [0, 0.05) is 7.97 Å². The summed E-state index contributed by atoms with van der Waals surface area (Å²) in [5.74, 6) is 0.672. The highest BCUT2D eigenvalue weighted by molar-refractivity contribution is 4.97. The van der Waals surface area contributed by atoms with E-state index < -0.39 is 0 Å². The van der Waals surface area contributed by atoms with E-state index in [4.69, 9.17) is 37.9 Å².